The van der Waals surface area contributed by atoms with Crippen molar-refractivity contribution in [2.24, 2.45) is 0 Å². The third-order valence-corrected chi connectivity index (χ3v) is 3.26. The van der Waals surface area contributed by atoms with Gasteiger partial charge in [0, 0.05) is 12.4 Å². The Bertz CT molecular complexity index is 663. The van der Waals surface area contributed by atoms with E-state index >= 15 is 0 Å². The molecule has 0 spiro atoms. The number of anilines is 1. The number of pyridine rings is 1. The van der Waals surface area contributed by atoms with E-state index in [0.717, 1.165) is 5.39 Å². The maximum Gasteiger partial charge on any atom is 0.326 e. The molecule has 2 N–H and O–H groups in total. The molecule has 0 saturated carbocycles. The number of benzene rings is 1. The summed E-state index contributed by atoms with van der Waals surface area (Å²) in [6.45, 7) is 1.80. The second kappa shape index (κ2) is 5.14. The van der Waals surface area contributed by atoms with E-state index < -0.39 is 12.0 Å². The summed E-state index contributed by atoms with van der Waals surface area (Å²) in [5.74, 6) is -0.392. The highest BCUT2D eigenvalue weighted by atomic mass is 16.4. The van der Waals surface area contributed by atoms with E-state index in [1.54, 1.807) is 37.1 Å². The summed E-state index contributed by atoms with van der Waals surface area (Å²) in [6, 6.07) is 8.36. The number of carbonyl (C=O) groups is 1. The average molecular weight is 260 g/mol. The number of aromatic nitrogens is 1. The van der Waals surface area contributed by atoms with Crippen LogP contribution in [0.4, 0.5) is 5.82 Å². The number of rotatable bonds is 4. The lowest BCUT2D eigenvalue weighted by molar-refractivity contribution is -0.138. The topological polar surface area (TPSA) is 73.4 Å². The SMILES string of the molecule is CCC(C(=O)O)N(C)c1cc2ccccc2c(=O)[nH]1. The fourth-order valence-corrected chi connectivity index (χ4v) is 2.17. The number of hydrogen-bond donors (Lipinski definition) is 2. The summed E-state index contributed by atoms with van der Waals surface area (Å²) >= 11 is 0. The van der Waals surface area contributed by atoms with E-state index in [2.05, 4.69) is 4.98 Å². The van der Waals surface area contributed by atoms with E-state index in [4.69, 9.17) is 5.11 Å². The van der Waals surface area contributed by atoms with Crippen LogP contribution in [0.2, 0.25) is 0 Å². The van der Waals surface area contributed by atoms with Gasteiger partial charge in [-0.1, -0.05) is 25.1 Å². The van der Waals surface area contributed by atoms with Crippen LogP contribution in [0.25, 0.3) is 10.8 Å². The van der Waals surface area contributed by atoms with Crippen molar-refractivity contribution in [2.75, 3.05) is 11.9 Å². The molecule has 0 fully saturated rings. The van der Waals surface area contributed by atoms with Crippen LogP contribution < -0.4 is 10.5 Å². The first kappa shape index (κ1) is 13.1. The van der Waals surface area contributed by atoms with Gasteiger partial charge in [-0.2, -0.15) is 0 Å². The molecule has 0 radical (unpaired) electrons. The number of nitrogens with one attached hydrogen (secondary N) is 1. The molecule has 0 bridgehead atoms. The van der Waals surface area contributed by atoms with Crippen LogP contribution in [-0.4, -0.2) is 29.1 Å². The quantitative estimate of drug-likeness (QED) is 0.879. The number of carboxylic acid groups (broad SMARTS) is 1. The van der Waals surface area contributed by atoms with Gasteiger partial charge in [-0.25, -0.2) is 4.79 Å². The van der Waals surface area contributed by atoms with Crippen molar-refractivity contribution in [3.63, 3.8) is 0 Å². The molecule has 1 aromatic heterocycles. The van der Waals surface area contributed by atoms with Crippen LogP contribution in [0, 0.1) is 0 Å². The number of carboxylic acids is 1. The Morgan fingerprint density at radius 3 is 2.74 bits per heavy atom. The Kier molecular flexibility index (Phi) is 3.55. The number of fused-ring (bicyclic) bond motifs is 1. The molecule has 2 aromatic rings. The first-order valence-electron chi connectivity index (χ1n) is 6.12. The van der Waals surface area contributed by atoms with Gasteiger partial charge in [-0.3, -0.25) is 4.79 Å². The van der Waals surface area contributed by atoms with Crippen LogP contribution in [-0.2, 0) is 4.79 Å². The minimum absolute atomic E-state index is 0.208. The lowest BCUT2D eigenvalue weighted by Crippen LogP contribution is -2.39. The van der Waals surface area contributed by atoms with Gasteiger partial charge in [0.2, 0.25) is 0 Å². The minimum Gasteiger partial charge on any atom is -0.480 e. The zero-order valence-electron chi connectivity index (χ0n) is 10.9. The standard InChI is InChI=1S/C14H16N2O3/c1-3-11(14(18)19)16(2)12-8-9-6-4-5-7-10(9)13(17)15-12/h4-8,11H,3H2,1-2H3,(H,15,17)(H,18,19). The average Bonchev–Trinajstić information content (AvgIpc) is 2.39. The largest absolute Gasteiger partial charge is 0.480 e. The molecule has 0 saturated heterocycles. The molecule has 0 amide bonds. The highest BCUT2D eigenvalue weighted by Gasteiger charge is 2.21. The summed E-state index contributed by atoms with van der Waals surface area (Å²) in [5.41, 5.74) is -0.208. The van der Waals surface area contributed by atoms with Crippen molar-refractivity contribution in [1.82, 2.24) is 4.98 Å². The second-order valence-electron chi connectivity index (χ2n) is 4.44. The van der Waals surface area contributed by atoms with Crippen molar-refractivity contribution in [3.05, 3.63) is 40.7 Å². The number of nitrogens with zero attached hydrogens (tertiary/aromatic N) is 1. The molecule has 0 aliphatic rings. The highest BCUT2D eigenvalue weighted by Crippen LogP contribution is 2.18. The summed E-state index contributed by atoms with van der Waals surface area (Å²) in [5, 5.41) is 10.6. The number of aliphatic carboxylic acids is 1. The molecular weight excluding hydrogens is 244 g/mol. The predicted molar refractivity (Wildman–Crippen MR) is 74.7 cm³/mol. The molecule has 5 heteroatoms. The van der Waals surface area contributed by atoms with Gasteiger partial charge in [0.1, 0.15) is 11.9 Å². The van der Waals surface area contributed by atoms with E-state index in [0.29, 0.717) is 17.6 Å². The van der Waals surface area contributed by atoms with Crippen LogP contribution in [0.1, 0.15) is 13.3 Å². The van der Waals surface area contributed by atoms with Gasteiger partial charge in [0.25, 0.3) is 5.56 Å². The smallest absolute Gasteiger partial charge is 0.326 e. The molecule has 0 aliphatic carbocycles. The first-order valence-corrected chi connectivity index (χ1v) is 6.12. The first-order chi connectivity index (χ1) is 9.04. The summed E-state index contributed by atoms with van der Waals surface area (Å²) < 4.78 is 0. The Morgan fingerprint density at radius 2 is 2.11 bits per heavy atom. The number of likely N-dealkylation sites (N-methyl/N-ethyl adjacent to an activating group) is 1. The summed E-state index contributed by atoms with van der Waals surface area (Å²) in [4.78, 5) is 27.4. The lowest BCUT2D eigenvalue weighted by Gasteiger charge is -2.25. The number of hydrogen-bond acceptors (Lipinski definition) is 3. The Morgan fingerprint density at radius 1 is 1.42 bits per heavy atom. The van der Waals surface area contributed by atoms with E-state index in [1.807, 2.05) is 12.1 Å². The molecular formula is C14H16N2O3. The van der Waals surface area contributed by atoms with Gasteiger partial charge < -0.3 is 15.0 Å². The summed E-state index contributed by atoms with van der Waals surface area (Å²) in [6.07, 6.45) is 0.459. The van der Waals surface area contributed by atoms with Crippen molar-refractivity contribution in [2.45, 2.75) is 19.4 Å². The van der Waals surface area contributed by atoms with Crippen molar-refractivity contribution in [3.8, 4) is 0 Å². The van der Waals surface area contributed by atoms with Crippen LogP contribution in [0.3, 0.4) is 0 Å². The monoisotopic (exact) mass is 260 g/mol. The van der Waals surface area contributed by atoms with E-state index in [9.17, 15) is 9.59 Å². The van der Waals surface area contributed by atoms with E-state index in [-0.39, 0.29) is 5.56 Å². The van der Waals surface area contributed by atoms with Crippen LogP contribution in [0.15, 0.2) is 35.1 Å². The van der Waals surface area contributed by atoms with Gasteiger partial charge in [-0.15, -0.1) is 0 Å². The zero-order chi connectivity index (χ0) is 14.0. The minimum atomic E-state index is -0.904. The Hall–Kier alpha value is -2.30. The molecule has 100 valence electrons. The molecule has 5 nitrogen and oxygen atoms in total. The fourth-order valence-electron chi connectivity index (χ4n) is 2.17. The second-order valence-corrected chi connectivity index (χ2v) is 4.44. The molecule has 1 atom stereocenters. The van der Waals surface area contributed by atoms with Gasteiger partial charge in [0.05, 0.1) is 0 Å². The maximum absolute atomic E-state index is 12.0. The third-order valence-electron chi connectivity index (χ3n) is 3.26. The van der Waals surface area contributed by atoms with Crippen molar-refractivity contribution >= 4 is 22.6 Å². The van der Waals surface area contributed by atoms with Crippen LogP contribution in [0.5, 0.6) is 0 Å². The normalized spacial score (nSPS) is 12.3. The fraction of sp³-hybridized carbons (Fsp3) is 0.286. The predicted octanol–water partition coefficient (Wildman–Crippen LogP) is 1.83. The molecule has 1 unspecified atom stereocenters. The number of aromatic amines is 1. The molecule has 19 heavy (non-hydrogen) atoms. The van der Waals surface area contributed by atoms with Gasteiger partial charge in [-0.05, 0) is 23.9 Å². The number of H-pyrrole nitrogens is 1. The van der Waals surface area contributed by atoms with Gasteiger partial charge >= 0.3 is 5.97 Å². The molecule has 0 aliphatic heterocycles. The molecule has 1 aromatic carbocycles. The van der Waals surface area contributed by atoms with Crippen molar-refractivity contribution in [1.29, 1.82) is 0 Å². The molecule has 1 heterocycles. The zero-order valence-corrected chi connectivity index (χ0v) is 10.9. The molecule has 2 rings (SSSR count). The Labute approximate surface area is 110 Å². The van der Waals surface area contributed by atoms with Crippen LogP contribution >= 0.6 is 0 Å². The highest BCUT2D eigenvalue weighted by molar-refractivity contribution is 5.85. The lowest BCUT2D eigenvalue weighted by atomic mass is 10.1. The van der Waals surface area contributed by atoms with Crippen molar-refractivity contribution < 1.29 is 9.90 Å². The van der Waals surface area contributed by atoms with E-state index in [1.165, 1.54) is 0 Å². The Balaban J connectivity index is 2.51. The maximum atomic E-state index is 12.0. The summed E-state index contributed by atoms with van der Waals surface area (Å²) in [7, 11) is 1.67. The third kappa shape index (κ3) is 2.45. The van der Waals surface area contributed by atoms with Gasteiger partial charge in [0.15, 0.2) is 0 Å².